The van der Waals surface area contributed by atoms with Crippen molar-refractivity contribution < 1.29 is 9.53 Å². The fraction of sp³-hybridized carbons (Fsp3) is 0.857. The average molecular weight is 250 g/mol. The van der Waals surface area contributed by atoms with Gasteiger partial charge in [-0.3, -0.25) is 4.79 Å². The molecule has 2 aliphatic carbocycles. The maximum atomic E-state index is 12.3. The van der Waals surface area contributed by atoms with Crippen molar-refractivity contribution in [2.75, 3.05) is 13.7 Å². The monoisotopic (exact) mass is 250 g/mol. The molecule has 0 bridgehead atoms. The average Bonchev–Trinajstić information content (AvgIpc) is 2.38. The third-order valence-corrected chi connectivity index (χ3v) is 4.62. The van der Waals surface area contributed by atoms with Crippen LogP contribution >= 0.6 is 0 Å². The lowest BCUT2D eigenvalue weighted by molar-refractivity contribution is -0.133. The van der Waals surface area contributed by atoms with E-state index in [-0.39, 0.29) is 11.5 Å². The van der Waals surface area contributed by atoms with Crippen molar-refractivity contribution in [1.82, 2.24) is 5.32 Å². The number of hydrogen-bond acceptors (Lipinski definition) is 3. The molecule has 2 saturated carbocycles. The lowest BCUT2D eigenvalue weighted by Gasteiger charge is -2.41. The van der Waals surface area contributed by atoms with E-state index in [1.807, 2.05) is 0 Å². The summed E-state index contributed by atoms with van der Waals surface area (Å²) in [7, 11) is 1.70. The SMILES string of the molecule is COC1(CNC(=O)C2(C#N)CCCCC2)CCC1. The van der Waals surface area contributed by atoms with Crippen LogP contribution in [0, 0.1) is 16.7 Å². The Bertz CT molecular complexity index is 344. The molecule has 100 valence electrons. The number of rotatable bonds is 4. The predicted octanol–water partition coefficient (Wildman–Crippen LogP) is 2.15. The number of nitrogens with zero attached hydrogens (tertiary/aromatic N) is 1. The summed E-state index contributed by atoms with van der Waals surface area (Å²) in [6.07, 6.45) is 7.68. The highest BCUT2D eigenvalue weighted by Gasteiger charge is 2.42. The van der Waals surface area contributed by atoms with Crippen LogP contribution in [0.3, 0.4) is 0 Å². The minimum atomic E-state index is -0.781. The predicted molar refractivity (Wildman–Crippen MR) is 67.7 cm³/mol. The Kier molecular flexibility index (Phi) is 3.91. The maximum Gasteiger partial charge on any atom is 0.240 e. The molecule has 0 aliphatic heterocycles. The van der Waals surface area contributed by atoms with Crippen LogP contribution in [0.15, 0.2) is 0 Å². The minimum absolute atomic E-state index is 0.0898. The quantitative estimate of drug-likeness (QED) is 0.831. The van der Waals surface area contributed by atoms with Crippen LogP contribution in [0.2, 0.25) is 0 Å². The molecular weight excluding hydrogens is 228 g/mol. The topological polar surface area (TPSA) is 62.1 Å². The molecule has 1 amide bonds. The van der Waals surface area contributed by atoms with Crippen molar-refractivity contribution in [3.8, 4) is 6.07 Å². The van der Waals surface area contributed by atoms with Crippen LogP contribution in [0.25, 0.3) is 0 Å². The standard InChI is InChI=1S/C14H22N2O2/c1-18-14(8-5-9-14)11-16-12(17)13(10-15)6-3-2-4-7-13/h2-9,11H2,1H3,(H,16,17). The number of carbonyl (C=O) groups excluding carboxylic acids is 1. The summed E-state index contributed by atoms with van der Waals surface area (Å²) in [6.45, 7) is 0.547. The van der Waals surface area contributed by atoms with Crippen LogP contribution in [0.4, 0.5) is 0 Å². The first-order valence-corrected chi connectivity index (χ1v) is 6.91. The number of nitriles is 1. The molecule has 0 heterocycles. The Morgan fingerprint density at radius 3 is 2.33 bits per heavy atom. The van der Waals surface area contributed by atoms with E-state index in [1.54, 1.807) is 7.11 Å². The van der Waals surface area contributed by atoms with E-state index < -0.39 is 5.41 Å². The molecule has 4 nitrogen and oxygen atoms in total. The molecule has 0 atom stereocenters. The van der Waals surface area contributed by atoms with Gasteiger partial charge < -0.3 is 10.1 Å². The van der Waals surface area contributed by atoms with Crippen LogP contribution in [0.1, 0.15) is 51.4 Å². The third kappa shape index (κ3) is 2.37. The van der Waals surface area contributed by atoms with Gasteiger partial charge in [0, 0.05) is 13.7 Å². The summed E-state index contributed by atoms with van der Waals surface area (Å²) >= 11 is 0. The molecule has 0 aromatic carbocycles. The second-order valence-corrected chi connectivity index (χ2v) is 5.68. The fourth-order valence-electron chi connectivity index (χ4n) is 2.98. The van der Waals surface area contributed by atoms with Crippen molar-refractivity contribution in [2.24, 2.45) is 5.41 Å². The van der Waals surface area contributed by atoms with Crippen molar-refractivity contribution in [1.29, 1.82) is 5.26 Å². The lowest BCUT2D eigenvalue weighted by atomic mass is 9.74. The second kappa shape index (κ2) is 5.27. The number of amides is 1. The number of methoxy groups -OCH3 is 1. The van der Waals surface area contributed by atoms with E-state index in [9.17, 15) is 10.1 Å². The molecule has 1 N–H and O–H groups in total. The van der Waals surface area contributed by atoms with E-state index in [1.165, 1.54) is 0 Å². The molecule has 4 heteroatoms. The van der Waals surface area contributed by atoms with Gasteiger partial charge in [0.05, 0.1) is 11.7 Å². The summed E-state index contributed by atoms with van der Waals surface area (Å²) in [5, 5.41) is 12.3. The molecular formula is C14H22N2O2. The molecule has 0 aromatic heterocycles. The van der Waals surface area contributed by atoms with Gasteiger partial charge in [-0.05, 0) is 32.1 Å². The number of hydrogen-bond donors (Lipinski definition) is 1. The van der Waals surface area contributed by atoms with E-state index >= 15 is 0 Å². The van der Waals surface area contributed by atoms with Crippen LogP contribution < -0.4 is 5.32 Å². The number of nitrogens with one attached hydrogen (secondary N) is 1. The lowest BCUT2D eigenvalue weighted by Crippen LogP contribution is -2.52. The fourth-order valence-corrected chi connectivity index (χ4v) is 2.98. The Labute approximate surface area is 109 Å². The van der Waals surface area contributed by atoms with Crippen LogP contribution in [-0.4, -0.2) is 25.2 Å². The largest absolute Gasteiger partial charge is 0.376 e. The number of ether oxygens (including phenoxy) is 1. The zero-order valence-electron chi connectivity index (χ0n) is 11.1. The Balaban J connectivity index is 1.92. The summed E-state index contributed by atoms with van der Waals surface area (Å²) in [4.78, 5) is 12.3. The highest BCUT2D eigenvalue weighted by molar-refractivity contribution is 5.85. The smallest absolute Gasteiger partial charge is 0.240 e. The van der Waals surface area contributed by atoms with Crippen LogP contribution in [0.5, 0.6) is 0 Å². The first-order chi connectivity index (χ1) is 8.66. The Hall–Kier alpha value is -1.08. The molecule has 0 saturated heterocycles. The van der Waals surface area contributed by atoms with Gasteiger partial charge in [0.2, 0.25) is 5.91 Å². The zero-order valence-corrected chi connectivity index (χ0v) is 11.1. The molecule has 0 radical (unpaired) electrons. The molecule has 0 spiro atoms. The van der Waals surface area contributed by atoms with Gasteiger partial charge >= 0.3 is 0 Å². The van der Waals surface area contributed by atoms with E-state index in [2.05, 4.69) is 11.4 Å². The van der Waals surface area contributed by atoms with Gasteiger partial charge in [0.25, 0.3) is 0 Å². The highest BCUT2D eigenvalue weighted by atomic mass is 16.5. The molecule has 0 aromatic rings. The summed E-state index contributed by atoms with van der Waals surface area (Å²) in [6, 6.07) is 2.25. The van der Waals surface area contributed by atoms with Crippen LogP contribution in [-0.2, 0) is 9.53 Å². The Morgan fingerprint density at radius 1 is 1.22 bits per heavy atom. The van der Waals surface area contributed by atoms with Gasteiger partial charge in [-0.15, -0.1) is 0 Å². The molecule has 0 unspecified atom stereocenters. The molecule has 2 aliphatic rings. The second-order valence-electron chi connectivity index (χ2n) is 5.68. The van der Waals surface area contributed by atoms with E-state index in [0.717, 1.165) is 38.5 Å². The van der Waals surface area contributed by atoms with Gasteiger partial charge in [0.1, 0.15) is 5.41 Å². The normalized spacial score (nSPS) is 24.7. The van der Waals surface area contributed by atoms with E-state index in [4.69, 9.17) is 4.74 Å². The third-order valence-electron chi connectivity index (χ3n) is 4.62. The van der Waals surface area contributed by atoms with Gasteiger partial charge in [0.15, 0.2) is 0 Å². The first kappa shape index (κ1) is 13.4. The van der Waals surface area contributed by atoms with Crippen molar-refractivity contribution in [3.63, 3.8) is 0 Å². The van der Waals surface area contributed by atoms with Gasteiger partial charge in [-0.1, -0.05) is 19.3 Å². The Morgan fingerprint density at radius 2 is 1.89 bits per heavy atom. The zero-order chi connectivity index (χ0) is 13.1. The van der Waals surface area contributed by atoms with Crippen molar-refractivity contribution >= 4 is 5.91 Å². The van der Waals surface area contributed by atoms with Crippen molar-refractivity contribution in [2.45, 2.75) is 57.0 Å². The van der Waals surface area contributed by atoms with E-state index in [0.29, 0.717) is 19.4 Å². The summed E-state index contributed by atoms with van der Waals surface area (Å²) < 4.78 is 5.48. The molecule has 18 heavy (non-hydrogen) atoms. The minimum Gasteiger partial charge on any atom is -0.376 e. The summed E-state index contributed by atoms with van der Waals surface area (Å²) in [5.41, 5.74) is -0.947. The molecule has 2 fully saturated rings. The summed E-state index contributed by atoms with van der Waals surface area (Å²) in [5.74, 6) is -0.0898. The number of carbonyl (C=O) groups is 1. The van der Waals surface area contributed by atoms with Gasteiger partial charge in [-0.2, -0.15) is 5.26 Å². The highest BCUT2D eigenvalue weighted by Crippen LogP contribution is 2.37. The maximum absolute atomic E-state index is 12.3. The van der Waals surface area contributed by atoms with Crippen molar-refractivity contribution in [3.05, 3.63) is 0 Å². The molecule has 2 rings (SSSR count). The van der Waals surface area contributed by atoms with Gasteiger partial charge in [-0.25, -0.2) is 0 Å². The first-order valence-electron chi connectivity index (χ1n) is 6.91.